The standard InChI is InChI=1S/C19H24N4O2/c1-4-25-13-17(24)23-11-10-15-16(12-23)20-18(21-19(15)22(2)3)14-8-6-5-7-9-14/h5-9H,4,10-13H2,1-3H3. The fourth-order valence-corrected chi connectivity index (χ4v) is 2.99. The second kappa shape index (κ2) is 7.61. The number of ether oxygens (including phenoxy) is 1. The number of benzene rings is 1. The Kier molecular flexibility index (Phi) is 5.28. The second-order valence-corrected chi connectivity index (χ2v) is 6.26. The van der Waals surface area contributed by atoms with Crippen LogP contribution in [-0.4, -0.2) is 54.6 Å². The molecule has 0 atom stereocenters. The lowest BCUT2D eigenvalue weighted by atomic mass is 10.0. The molecule has 0 spiro atoms. The predicted molar refractivity (Wildman–Crippen MR) is 97.4 cm³/mol. The fourth-order valence-electron chi connectivity index (χ4n) is 2.99. The van der Waals surface area contributed by atoms with Crippen LogP contribution in [0.15, 0.2) is 30.3 Å². The molecule has 6 nitrogen and oxygen atoms in total. The van der Waals surface area contributed by atoms with Gasteiger partial charge in [0.05, 0.1) is 12.2 Å². The number of hydrogen-bond acceptors (Lipinski definition) is 5. The number of hydrogen-bond donors (Lipinski definition) is 0. The molecule has 3 rings (SSSR count). The largest absolute Gasteiger partial charge is 0.372 e. The van der Waals surface area contributed by atoms with Gasteiger partial charge in [-0.15, -0.1) is 0 Å². The first kappa shape index (κ1) is 17.4. The van der Waals surface area contributed by atoms with Gasteiger partial charge in [-0.3, -0.25) is 4.79 Å². The maximum Gasteiger partial charge on any atom is 0.248 e. The number of fused-ring (bicyclic) bond motifs is 1. The van der Waals surface area contributed by atoms with Crippen molar-refractivity contribution in [1.82, 2.24) is 14.9 Å². The van der Waals surface area contributed by atoms with Gasteiger partial charge in [-0.2, -0.15) is 0 Å². The molecule has 0 bridgehead atoms. The van der Waals surface area contributed by atoms with Gasteiger partial charge in [-0.25, -0.2) is 9.97 Å². The Balaban J connectivity index is 1.94. The van der Waals surface area contributed by atoms with Crippen LogP contribution < -0.4 is 4.90 Å². The number of rotatable bonds is 5. The minimum absolute atomic E-state index is 0.0128. The number of anilines is 1. The summed E-state index contributed by atoms with van der Waals surface area (Å²) in [6.07, 6.45) is 0.760. The Morgan fingerprint density at radius 1 is 1.24 bits per heavy atom. The van der Waals surface area contributed by atoms with Crippen LogP contribution in [0.5, 0.6) is 0 Å². The van der Waals surface area contributed by atoms with E-state index in [2.05, 4.69) is 0 Å². The molecule has 1 aromatic heterocycles. The molecule has 1 aromatic carbocycles. The Labute approximate surface area is 148 Å². The maximum absolute atomic E-state index is 12.3. The third-order valence-corrected chi connectivity index (χ3v) is 4.28. The lowest BCUT2D eigenvalue weighted by Gasteiger charge is -2.30. The van der Waals surface area contributed by atoms with Crippen molar-refractivity contribution >= 4 is 11.7 Å². The van der Waals surface area contributed by atoms with Crippen LogP contribution in [0.3, 0.4) is 0 Å². The van der Waals surface area contributed by atoms with Crippen LogP contribution in [0, 0.1) is 0 Å². The van der Waals surface area contributed by atoms with E-state index in [4.69, 9.17) is 14.7 Å². The van der Waals surface area contributed by atoms with Gasteiger partial charge in [-0.1, -0.05) is 30.3 Å². The monoisotopic (exact) mass is 340 g/mol. The smallest absolute Gasteiger partial charge is 0.248 e. The van der Waals surface area contributed by atoms with Crippen molar-refractivity contribution in [2.45, 2.75) is 19.9 Å². The SMILES string of the molecule is CCOCC(=O)N1CCc2c(nc(-c3ccccc3)nc2N(C)C)C1. The second-order valence-electron chi connectivity index (χ2n) is 6.26. The van der Waals surface area contributed by atoms with Crippen LogP contribution in [0.25, 0.3) is 11.4 Å². The molecule has 0 unspecified atom stereocenters. The van der Waals surface area contributed by atoms with Crippen LogP contribution in [0.2, 0.25) is 0 Å². The van der Waals surface area contributed by atoms with E-state index < -0.39 is 0 Å². The van der Waals surface area contributed by atoms with E-state index in [-0.39, 0.29) is 12.5 Å². The molecular weight excluding hydrogens is 316 g/mol. The molecule has 25 heavy (non-hydrogen) atoms. The highest BCUT2D eigenvalue weighted by atomic mass is 16.5. The topological polar surface area (TPSA) is 58.6 Å². The van der Waals surface area contributed by atoms with E-state index in [1.807, 2.05) is 61.2 Å². The summed E-state index contributed by atoms with van der Waals surface area (Å²) in [6.45, 7) is 3.74. The van der Waals surface area contributed by atoms with Gasteiger partial charge in [0.2, 0.25) is 5.91 Å². The lowest BCUT2D eigenvalue weighted by Crippen LogP contribution is -2.39. The highest BCUT2D eigenvalue weighted by Gasteiger charge is 2.26. The van der Waals surface area contributed by atoms with Crippen molar-refractivity contribution in [3.63, 3.8) is 0 Å². The van der Waals surface area contributed by atoms with E-state index in [1.54, 1.807) is 0 Å². The fraction of sp³-hybridized carbons (Fsp3) is 0.421. The normalized spacial score (nSPS) is 13.5. The zero-order valence-electron chi connectivity index (χ0n) is 15.0. The van der Waals surface area contributed by atoms with Crippen molar-refractivity contribution in [1.29, 1.82) is 0 Å². The van der Waals surface area contributed by atoms with E-state index in [0.717, 1.165) is 29.1 Å². The zero-order chi connectivity index (χ0) is 17.8. The maximum atomic E-state index is 12.3. The van der Waals surface area contributed by atoms with E-state index in [0.29, 0.717) is 25.5 Å². The minimum Gasteiger partial charge on any atom is -0.372 e. The molecule has 0 saturated carbocycles. The summed E-state index contributed by atoms with van der Waals surface area (Å²) < 4.78 is 5.26. The Morgan fingerprint density at radius 3 is 2.68 bits per heavy atom. The molecule has 0 radical (unpaired) electrons. The Bertz CT molecular complexity index is 747. The molecule has 2 heterocycles. The van der Waals surface area contributed by atoms with Crippen LogP contribution >= 0.6 is 0 Å². The number of amides is 1. The molecule has 1 aliphatic rings. The van der Waals surface area contributed by atoms with Crippen molar-refractivity contribution in [3.05, 3.63) is 41.6 Å². The number of nitrogens with zero attached hydrogens (tertiary/aromatic N) is 4. The first-order chi connectivity index (χ1) is 12.1. The highest BCUT2D eigenvalue weighted by molar-refractivity contribution is 5.78. The predicted octanol–water partition coefficient (Wildman–Crippen LogP) is 2.13. The molecule has 0 saturated heterocycles. The van der Waals surface area contributed by atoms with Gasteiger partial charge >= 0.3 is 0 Å². The van der Waals surface area contributed by atoms with Crippen LogP contribution in [0.4, 0.5) is 5.82 Å². The summed E-state index contributed by atoms with van der Waals surface area (Å²) in [4.78, 5) is 25.7. The average molecular weight is 340 g/mol. The summed E-state index contributed by atoms with van der Waals surface area (Å²) in [6, 6.07) is 9.93. The van der Waals surface area contributed by atoms with E-state index >= 15 is 0 Å². The summed E-state index contributed by atoms with van der Waals surface area (Å²) in [5.41, 5.74) is 3.03. The lowest BCUT2D eigenvalue weighted by molar-refractivity contribution is -0.137. The molecule has 2 aromatic rings. The minimum atomic E-state index is 0.0128. The van der Waals surface area contributed by atoms with Gasteiger partial charge in [0, 0.05) is 38.4 Å². The first-order valence-electron chi connectivity index (χ1n) is 8.58. The number of carbonyl (C=O) groups excluding carboxylic acids is 1. The van der Waals surface area contributed by atoms with Gasteiger partial charge in [-0.05, 0) is 13.3 Å². The average Bonchev–Trinajstić information content (AvgIpc) is 2.65. The van der Waals surface area contributed by atoms with Crippen LogP contribution in [-0.2, 0) is 22.5 Å². The summed E-state index contributed by atoms with van der Waals surface area (Å²) >= 11 is 0. The van der Waals surface area contributed by atoms with Crippen LogP contribution in [0.1, 0.15) is 18.2 Å². The van der Waals surface area contributed by atoms with Crippen molar-refractivity contribution in [3.8, 4) is 11.4 Å². The van der Waals surface area contributed by atoms with E-state index in [1.165, 1.54) is 0 Å². The van der Waals surface area contributed by atoms with Crippen molar-refractivity contribution in [2.75, 3.05) is 38.8 Å². The summed E-state index contributed by atoms with van der Waals surface area (Å²) in [5.74, 6) is 1.64. The van der Waals surface area contributed by atoms with Gasteiger partial charge in [0.15, 0.2) is 5.82 Å². The molecule has 0 aliphatic carbocycles. The molecule has 6 heteroatoms. The first-order valence-corrected chi connectivity index (χ1v) is 8.58. The number of carbonyl (C=O) groups is 1. The summed E-state index contributed by atoms with van der Waals surface area (Å²) in [5, 5.41) is 0. The van der Waals surface area contributed by atoms with Gasteiger partial charge in [0.1, 0.15) is 12.4 Å². The third kappa shape index (κ3) is 3.79. The van der Waals surface area contributed by atoms with Crippen molar-refractivity contribution < 1.29 is 9.53 Å². The highest BCUT2D eigenvalue weighted by Crippen LogP contribution is 2.28. The molecule has 1 aliphatic heterocycles. The summed E-state index contributed by atoms with van der Waals surface area (Å²) in [7, 11) is 3.98. The third-order valence-electron chi connectivity index (χ3n) is 4.28. The molecule has 0 N–H and O–H groups in total. The zero-order valence-corrected chi connectivity index (χ0v) is 15.0. The molecular formula is C19H24N4O2. The Morgan fingerprint density at radius 2 is 2.00 bits per heavy atom. The molecule has 0 fully saturated rings. The van der Waals surface area contributed by atoms with Gasteiger partial charge < -0.3 is 14.5 Å². The van der Waals surface area contributed by atoms with Crippen molar-refractivity contribution in [2.24, 2.45) is 0 Å². The Hall–Kier alpha value is -2.47. The van der Waals surface area contributed by atoms with E-state index in [9.17, 15) is 4.79 Å². The number of aromatic nitrogens is 2. The molecule has 1 amide bonds. The van der Waals surface area contributed by atoms with Gasteiger partial charge in [0.25, 0.3) is 0 Å². The quantitative estimate of drug-likeness (QED) is 0.834. The molecule has 132 valence electrons.